The average molecular weight is 1030 g/mol. The first kappa shape index (κ1) is 43.2. The molecule has 0 saturated heterocycles. The summed E-state index contributed by atoms with van der Waals surface area (Å²) in [5, 5.41) is 1.99. The number of benzene rings is 6. The Morgan fingerprint density at radius 1 is 0.600 bits per heavy atom. The van der Waals surface area contributed by atoms with Gasteiger partial charge in [-0.05, 0) is 58.0 Å². The Kier molecular flexibility index (Phi) is 11.4. The van der Waals surface area contributed by atoms with Gasteiger partial charge < -0.3 is 9.30 Å². The van der Waals surface area contributed by atoms with E-state index in [9.17, 15) is 0 Å². The van der Waals surface area contributed by atoms with Crippen LogP contribution in [-0.2, 0) is 31.9 Å². The second kappa shape index (κ2) is 17.1. The third-order valence-corrected chi connectivity index (χ3v) is 11.6. The molecule has 0 spiro atoms. The molecule has 1 aliphatic rings. The van der Waals surface area contributed by atoms with Gasteiger partial charge in [0.15, 0.2) is 11.6 Å². The summed E-state index contributed by atoms with van der Waals surface area (Å²) in [6.45, 7) is 15.4. The summed E-state index contributed by atoms with van der Waals surface area (Å²) >= 11 is 0. The van der Waals surface area contributed by atoms with E-state index in [0.717, 1.165) is 50.1 Å². The van der Waals surface area contributed by atoms with E-state index in [1.165, 1.54) is 16.7 Å². The number of hydrogen-bond acceptors (Lipinski definition) is 5. The molecule has 10 rings (SSSR count). The summed E-state index contributed by atoms with van der Waals surface area (Å²) < 4.78 is 12.9. The number of ether oxygens (including phenoxy) is 1. The van der Waals surface area contributed by atoms with Gasteiger partial charge in [-0.3, -0.25) is 0 Å². The minimum atomic E-state index is -0.00931. The van der Waals surface area contributed by atoms with E-state index < -0.39 is 0 Å². The molecule has 0 fully saturated rings. The molecule has 9 aromatic rings. The van der Waals surface area contributed by atoms with Crippen molar-refractivity contribution in [3.63, 3.8) is 0 Å². The first-order valence-electron chi connectivity index (χ1n) is 21.5. The molecule has 4 heterocycles. The van der Waals surface area contributed by atoms with Gasteiger partial charge in [-0.25, -0.2) is 19.9 Å². The molecule has 6 aromatic carbocycles. The minimum Gasteiger partial charge on any atom is -0.508 e. The van der Waals surface area contributed by atoms with Crippen molar-refractivity contribution in [2.45, 2.75) is 59.3 Å². The standard InChI is InChI=1S/C56H47N7O.Pt/c1-37-18-28-42(29-19-37)61-31-32-62(36-61)43-13-12-14-44(33-43)64-50-35-49-46(45-15-8-9-16-48(45)63(49)51-17-10-11-30-57-51)34-47(50)54-59-52(38-20-24-40(25-21-38)55(2,3)4)58-53(60-54)39-22-26-41(27-23-39)56(5,6)7;/h8-32,34H,1-7H3;/q;+2. The molecule has 0 atom stereocenters. The molecule has 0 saturated carbocycles. The molecule has 9 heteroatoms. The van der Waals surface area contributed by atoms with Gasteiger partial charge in [-0.1, -0.05) is 159 Å². The number of aromatic nitrogens is 5. The maximum atomic E-state index is 6.94. The van der Waals surface area contributed by atoms with Gasteiger partial charge in [-0.15, -0.1) is 23.6 Å². The normalized spacial score (nSPS) is 12.6. The number of rotatable bonds is 8. The molecular formula is C56H47N7OPt+2. The maximum absolute atomic E-state index is 6.94. The van der Waals surface area contributed by atoms with Crippen LogP contribution in [0.3, 0.4) is 0 Å². The quantitative estimate of drug-likeness (QED) is 0.112. The largest absolute Gasteiger partial charge is 2.00 e. The fourth-order valence-electron chi connectivity index (χ4n) is 7.93. The fraction of sp³-hybridized carbons (Fsp3) is 0.161. The van der Waals surface area contributed by atoms with Crippen molar-refractivity contribution >= 4 is 39.2 Å². The SMILES string of the molecule is Cc1ccc([N+]2=C=[N+](c3[c-]c(Oc4[c-]c5c(cc4-c4nc(-c6ccc(C(C)(C)C)cc6)nc(-c6ccc(C(C)(C)C)cc6)n4)c4ccccc4n5-c4ccccn4)ccc3)C=C2)cc1.[Pt+2]. The minimum absolute atomic E-state index is 0. The Labute approximate surface area is 394 Å². The molecule has 0 radical (unpaired) electrons. The Hall–Kier alpha value is -7.11. The first-order chi connectivity index (χ1) is 30.9. The molecule has 1 aliphatic heterocycles. The number of nitrogens with zero attached hydrogens (tertiary/aromatic N) is 7. The molecule has 3 aromatic heterocycles. The number of fused-ring (bicyclic) bond motifs is 3. The first-order valence-corrected chi connectivity index (χ1v) is 21.5. The third kappa shape index (κ3) is 8.63. The fourth-order valence-corrected chi connectivity index (χ4v) is 7.93. The topological polar surface area (TPSA) is 71.7 Å². The summed E-state index contributed by atoms with van der Waals surface area (Å²) in [5.74, 6) is 3.26. The monoisotopic (exact) mass is 1030 g/mol. The van der Waals surface area contributed by atoms with Gasteiger partial charge in [0.1, 0.15) is 17.3 Å². The zero-order valence-electron chi connectivity index (χ0n) is 37.4. The molecular weight excluding hydrogens is 982 g/mol. The van der Waals surface area contributed by atoms with Crippen molar-refractivity contribution < 1.29 is 35.0 Å². The van der Waals surface area contributed by atoms with E-state index in [4.69, 9.17) is 24.7 Å². The number of para-hydroxylation sites is 1. The summed E-state index contributed by atoms with van der Waals surface area (Å²) in [4.78, 5) is 20.4. The summed E-state index contributed by atoms with van der Waals surface area (Å²) in [5.41, 5.74) is 9.62. The van der Waals surface area contributed by atoms with Crippen molar-refractivity contribution in [2.75, 3.05) is 0 Å². The molecule has 8 nitrogen and oxygen atoms in total. The van der Waals surface area contributed by atoms with Crippen LogP contribution in [0.4, 0.5) is 11.4 Å². The van der Waals surface area contributed by atoms with E-state index in [0.29, 0.717) is 34.5 Å². The Bertz CT molecular complexity index is 3260. The maximum Gasteiger partial charge on any atom is 2.00 e. The predicted molar refractivity (Wildman–Crippen MR) is 255 cm³/mol. The van der Waals surface area contributed by atoms with Crippen LogP contribution in [0.1, 0.15) is 58.2 Å². The van der Waals surface area contributed by atoms with Crippen LogP contribution in [0.15, 0.2) is 158 Å². The van der Waals surface area contributed by atoms with Crippen LogP contribution < -0.4 is 4.74 Å². The summed E-state index contributed by atoms with van der Waals surface area (Å²) in [6.07, 6.45) is 5.74. The van der Waals surface area contributed by atoms with Gasteiger partial charge in [0.05, 0.1) is 0 Å². The molecule has 65 heavy (non-hydrogen) atoms. The number of pyridine rings is 1. The van der Waals surface area contributed by atoms with E-state index in [2.05, 4.69) is 168 Å². The van der Waals surface area contributed by atoms with Crippen molar-refractivity contribution in [3.8, 4) is 51.5 Å². The second-order valence-corrected chi connectivity index (χ2v) is 18.3. The van der Waals surface area contributed by atoms with Gasteiger partial charge in [-0.2, -0.15) is 6.07 Å². The summed E-state index contributed by atoms with van der Waals surface area (Å²) in [6, 6.07) is 58.2. The van der Waals surface area contributed by atoms with E-state index in [-0.39, 0.29) is 31.9 Å². The van der Waals surface area contributed by atoms with Crippen LogP contribution in [-0.4, -0.2) is 39.7 Å². The zero-order chi connectivity index (χ0) is 44.2. The number of hydrogen-bond donors (Lipinski definition) is 0. The third-order valence-electron chi connectivity index (χ3n) is 11.6. The van der Waals surface area contributed by atoms with Crippen LogP contribution in [0.25, 0.3) is 61.8 Å². The molecule has 0 amide bonds. The second-order valence-electron chi connectivity index (χ2n) is 18.3. The van der Waals surface area contributed by atoms with E-state index in [1.807, 2.05) is 64.0 Å². The summed E-state index contributed by atoms with van der Waals surface area (Å²) in [7, 11) is 0. The Morgan fingerprint density at radius 3 is 1.85 bits per heavy atom. The van der Waals surface area contributed by atoms with Crippen LogP contribution in [0.5, 0.6) is 11.5 Å². The van der Waals surface area contributed by atoms with Crippen molar-refractivity contribution in [2.24, 2.45) is 0 Å². The van der Waals surface area contributed by atoms with Crippen molar-refractivity contribution in [1.82, 2.24) is 24.5 Å². The Balaban J connectivity index is 0.00000533. The van der Waals surface area contributed by atoms with E-state index >= 15 is 0 Å². The molecule has 0 unspecified atom stereocenters. The van der Waals surface area contributed by atoms with Crippen LogP contribution in [0, 0.1) is 19.1 Å². The van der Waals surface area contributed by atoms with E-state index in [1.54, 1.807) is 6.20 Å². The van der Waals surface area contributed by atoms with Gasteiger partial charge in [0.2, 0.25) is 5.69 Å². The molecule has 0 aliphatic carbocycles. The van der Waals surface area contributed by atoms with Crippen LogP contribution >= 0.6 is 0 Å². The average Bonchev–Trinajstić information content (AvgIpc) is 3.92. The Morgan fingerprint density at radius 2 is 1.22 bits per heavy atom. The van der Waals surface area contributed by atoms with Crippen molar-refractivity contribution in [3.05, 3.63) is 187 Å². The van der Waals surface area contributed by atoms with Crippen molar-refractivity contribution in [1.29, 1.82) is 0 Å². The predicted octanol–water partition coefficient (Wildman–Crippen LogP) is 13.3. The van der Waals surface area contributed by atoms with Crippen LogP contribution in [0.2, 0.25) is 0 Å². The molecule has 320 valence electrons. The number of aryl methyl sites for hydroxylation is 1. The smallest absolute Gasteiger partial charge is 0.508 e. The van der Waals surface area contributed by atoms with Gasteiger partial charge in [0, 0.05) is 46.5 Å². The van der Waals surface area contributed by atoms with Gasteiger partial charge in [0.25, 0.3) is 12.4 Å². The molecule has 0 N–H and O–H groups in total. The molecule has 0 bridgehead atoms. The zero-order valence-corrected chi connectivity index (χ0v) is 39.6. The van der Waals surface area contributed by atoms with Gasteiger partial charge >= 0.3 is 27.1 Å².